The highest BCUT2D eigenvalue weighted by atomic mass is 32.1. The van der Waals surface area contributed by atoms with E-state index in [0.29, 0.717) is 0 Å². The number of thiocarbonyl (C=S) groups is 1. The molecule has 0 N–H and O–H groups in total. The van der Waals surface area contributed by atoms with Crippen molar-refractivity contribution in [1.82, 2.24) is 9.97 Å². The molecule has 1 aromatic heterocycles. The second-order valence-corrected chi connectivity index (χ2v) is 2.35. The molecule has 14 heavy (non-hydrogen) atoms. The number of halogens is 2. The zero-order valence-electron chi connectivity index (χ0n) is 7.01. The summed E-state index contributed by atoms with van der Waals surface area (Å²) >= 11 is 4.22. The number of isothiocyanates is 1. The van der Waals surface area contributed by atoms with Crippen LogP contribution in [0.25, 0.3) is 0 Å². The van der Waals surface area contributed by atoms with Gasteiger partial charge in [-0.1, -0.05) is 0 Å². The SMILES string of the molecule is Cc1nc(F)c(C#CN=C=S)c(F)n1. The maximum absolute atomic E-state index is 13.0. The van der Waals surface area contributed by atoms with Gasteiger partial charge in [0, 0.05) is 0 Å². The molecule has 3 nitrogen and oxygen atoms in total. The quantitative estimate of drug-likeness (QED) is 0.282. The maximum atomic E-state index is 13.0. The lowest BCUT2D eigenvalue weighted by Gasteiger charge is -1.95. The zero-order valence-corrected chi connectivity index (χ0v) is 7.82. The monoisotopic (exact) mass is 211 g/mol. The number of nitrogens with zero attached hydrogens (tertiary/aromatic N) is 3. The lowest BCUT2D eigenvalue weighted by atomic mass is 10.3. The van der Waals surface area contributed by atoms with Gasteiger partial charge in [0.25, 0.3) is 0 Å². The molecule has 6 heteroatoms. The van der Waals surface area contributed by atoms with E-state index < -0.39 is 17.5 Å². The summed E-state index contributed by atoms with van der Waals surface area (Å²) in [4.78, 5) is 9.80. The number of hydrogen-bond acceptors (Lipinski definition) is 4. The minimum Gasteiger partial charge on any atom is -0.204 e. The zero-order chi connectivity index (χ0) is 10.6. The van der Waals surface area contributed by atoms with Gasteiger partial charge in [-0.3, -0.25) is 0 Å². The van der Waals surface area contributed by atoms with Crippen LogP contribution in [0.4, 0.5) is 8.78 Å². The molecule has 0 aliphatic carbocycles. The lowest BCUT2D eigenvalue weighted by Crippen LogP contribution is -2.01. The fourth-order valence-electron chi connectivity index (χ4n) is 0.716. The molecule has 0 fully saturated rings. The molecule has 0 saturated carbocycles. The number of rotatable bonds is 0. The topological polar surface area (TPSA) is 38.1 Å². The lowest BCUT2D eigenvalue weighted by molar-refractivity contribution is 0.512. The van der Waals surface area contributed by atoms with Crippen LogP contribution in [0.1, 0.15) is 11.4 Å². The molecule has 0 saturated heterocycles. The van der Waals surface area contributed by atoms with Crippen LogP contribution < -0.4 is 0 Å². The average Bonchev–Trinajstić information content (AvgIpc) is 2.09. The van der Waals surface area contributed by atoms with Gasteiger partial charge < -0.3 is 0 Å². The van der Waals surface area contributed by atoms with E-state index in [1.807, 2.05) is 5.16 Å². The summed E-state index contributed by atoms with van der Waals surface area (Å²) in [5.74, 6) is 0.0682. The van der Waals surface area contributed by atoms with Crippen LogP contribution in [0.5, 0.6) is 0 Å². The molecule has 0 bridgehead atoms. The van der Waals surface area contributed by atoms with E-state index in [9.17, 15) is 8.78 Å². The Kier molecular flexibility index (Phi) is 3.35. The highest BCUT2D eigenvalue weighted by Gasteiger charge is 2.10. The first-order valence-electron chi connectivity index (χ1n) is 3.42. The normalized spacial score (nSPS) is 8.50. The first-order valence-corrected chi connectivity index (χ1v) is 3.83. The second kappa shape index (κ2) is 4.51. The molecular formula is C8H3F2N3S. The molecule has 1 aromatic rings. The summed E-state index contributed by atoms with van der Waals surface area (Å²) in [6.07, 6.45) is 0. The van der Waals surface area contributed by atoms with Crippen LogP contribution in [0, 0.1) is 30.8 Å². The molecule has 0 radical (unpaired) electrons. The summed E-state index contributed by atoms with van der Waals surface area (Å²) in [5.41, 5.74) is -0.524. The molecule has 0 unspecified atom stereocenters. The highest BCUT2D eigenvalue weighted by molar-refractivity contribution is 7.78. The molecule has 1 heterocycles. The second-order valence-electron chi connectivity index (χ2n) is 2.17. The largest absolute Gasteiger partial charge is 0.235 e. The van der Waals surface area contributed by atoms with Gasteiger partial charge in [0.2, 0.25) is 11.9 Å². The minimum absolute atomic E-state index is 0.00360. The Morgan fingerprint density at radius 2 is 1.86 bits per heavy atom. The van der Waals surface area contributed by atoms with Gasteiger partial charge in [0.15, 0.2) is 0 Å². The summed E-state index contributed by atoms with van der Waals surface area (Å²) < 4.78 is 25.9. The Morgan fingerprint density at radius 3 is 2.36 bits per heavy atom. The standard InChI is InChI=1S/C8H3F2N3S/c1-5-12-7(9)6(8(10)13-5)2-3-11-4-14/h1H3. The van der Waals surface area contributed by atoms with Crippen LogP contribution >= 0.6 is 12.2 Å². The van der Waals surface area contributed by atoms with Crippen LogP contribution in [-0.2, 0) is 0 Å². The van der Waals surface area contributed by atoms with Gasteiger partial charge in [-0.05, 0) is 25.1 Å². The first-order chi connectivity index (χ1) is 6.65. The molecule has 0 aliphatic rings. The molecule has 0 atom stereocenters. The van der Waals surface area contributed by atoms with Crippen molar-refractivity contribution < 1.29 is 8.78 Å². The summed E-state index contributed by atoms with van der Waals surface area (Å²) in [6, 6.07) is 2.05. The van der Waals surface area contributed by atoms with Crippen molar-refractivity contribution in [1.29, 1.82) is 0 Å². The van der Waals surface area contributed by atoms with Crippen molar-refractivity contribution in [3.05, 3.63) is 23.3 Å². The van der Waals surface area contributed by atoms with Crippen LogP contribution in [0.3, 0.4) is 0 Å². The van der Waals surface area contributed by atoms with E-state index in [4.69, 9.17) is 0 Å². The van der Waals surface area contributed by atoms with Crippen molar-refractivity contribution in [3.8, 4) is 12.0 Å². The highest BCUT2D eigenvalue weighted by Crippen LogP contribution is 2.06. The van der Waals surface area contributed by atoms with Gasteiger partial charge in [-0.15, -0.1) is 4.99 Å². The number of hydrogen-bond donors (Lipinski definition) is 0. The fraction of sp³-hybridized carbons (Fsp3) is 0.125. The average molecular weight is 211 g/mol. The fourth-order valence-corrected chi connectivity index (χ4v) is 0.761. The summed E-state index contributed by atoms with van der Waals surface area (Å²) in [5, 5.41) is 1.94. The molecular weight excluding hydrogens is 208 g/mol. The number of aliphatic imine (C=N–C) groups is 1. The van der Waals surface area contributed by atoms with Crippen molar-refractivity contribution >= 4 is 17.4 Å². The Bertz CT molecular complexity index is 446. The van der Waals surface area contributed by atoms with E-state index in [2.05, 4.69) is 39.1 Å². The Balaban J connectivity index is 3.23. The van der Waals surface area contributed by atoms with Crippen molar-refractivity contribution in [3.63, 3.8) is 0 Å². The molecule has 0 spiro atoms. The first kappa shape index (κ1) is 10.4. The van der Waals surface area contributed by atoms with Gasteiger partial charge in [0.05, 0.1) is 11.2 Å². The molecule has 0 amide bonds. The van der Waals surface area contributed by atoms with E-state index >= 15 is 0 Å². The van der Waals surface area contributed by atoms with Crippen molar-refractivity contribution in [2.24, 2.45) is 4.99 Å². The predicted molar refractivity (Wildman–Crippen MR) is 48.6 cm³/mol. The van der Waals surface area contributed by atoms with E-state index in [1.54, 1.807) is 0 Å². The third kappa shape index (κ3) is 2.39. The molecule has 1 rings (SSSR count). The van der Waals surface area contributed by atoms with Gasteiger partial charge in [-0.2, -0.15) is 8.78 Å². The Labute approximate surface area is 83.9 Å². The van der Waals surface area contributed by atoms with Crippen LogP contribution in [0.15, 0.2) is 4.99 Å². The summed E-state index contributed by atoms with van der Waals surface area (Å²) in [6.45, 7) is 1.37. The Hall–Kier alpha value is -1.70. The number of aromatic nitrogens is 2. The molecule has 0 aromatic carbocycles. The predicted octanol–water partition coefficient (Wildman–Crippen LogP) is 1.48. The Morgan fingerprint density at radius 1 is 1.29 bits per heavy atom. The van der Waals surface area contributed by atoms with E-state index in [-0.39, 0.29) is 5.82 Å². The van der Waals surface area contributed by atoms with Crippen LogP contribution in [-0.4, -0.2) is 15.1 Å². The third-order valence-corrected chi connectivity index (χ3v) is 1.31. The smallest absolute Gasteiger partial charge is 0.204 e. The van der Waals surface area contributed by atoms with Crippen molar-refractivity contribution in [2.75, 3.05) is 0 Å². The van der Waals surface area contributed by atoms with Gasteiger partial charge >= 0.3 is 0 Å². The minimum atomic E-state index is -1.01. The van der Waals surface area contributed by atoms with Gasteiger partial charge in [-0.25, -0.2) is 9.97 Å². The molecule has 70 valence electrons. The van der Waals surface area contributed by atoms with Crippen LogP contribution in [0.2, 0.25) is 0 Å². The van der Waals surface area contributed by atoms with Gasteiger partial charge in [0.1, 0.15) is 11.4 Å². The van der Waals surface area contributed by atoms with E-state index in [0.717, 1.165) is 0 Å². The molecule has 0 aliphatic heterocycles. The third-order valence-electron chi connectivity index (χ3n) is 1.21. The maximum Gasteiger partial charge on any atom is 0.235 e. The van der Waals surface area contributed by atoms with Crippen molar-refractivity contribution in [2.45, 2.75) is 6.92 Å². The summed E-state index contributed by atoms with van der Waals surface area (Å²) in [7, 11) is 0. The number of aryl methyl sites for hydroxylation is 1. The van der Waals surface area contributed by atoms with E-state index in [1.165, 1.54) is 6.92 Å².